The zero-order valence-corrected chi connectivity index (χ0v) is 8.10. The van der Waals surface area contributed by atoms with E-state index in [0.29, 0.717) is 25.7 Å². The van der Waals surface area contributed by atoms with Crippen LogP contribution >= 0.6 is 0 Å². The Morgan fingerprint density at radius 3 is 2.40 bits per heavy atom. The van der Waals surface area contributed by atoms with Crippen LogP contribution < -0.4 is 5.32 Å². The molecule has 1 fully saturated rings. The Labute approximate surface area is 86.3 Å². The van der Waals surface area contributed by atoms with E-state index in [1.165, 1.54) is 0 Å². The molecule has 0 aromatic carbocycles. The maximum Gasteiger partial charge on any atom is 0.320 e. The van der Waals surface area contributed by atoms with Gasteiger partial charge >= 0.3 is 11.9 Å². The van der Waals surface area contributed by atoms with Crippen LogP contribution in [0.5, 0.6) is 0 Å². The van der Waals surface area contributed by atoms with E-state index in [0.717, 1.165) is 0 Å². The molecule has 84 valence electrons. The number of amides is 1. The monoisotopic (exact) mass is 215 g/mol. The minimum atomic E-state index is -1.55. The van der Waals surface area contributed by atoms with E-state index in [2.05, 4.69) is 5.32 Å². The summed E-state index contributed by atoms with van der Waals surface area (Å²) < 4.78 is 0. The van der Waals surface area contributed by atoms with Gasteiger partial charge in [-0.2, -0.15) is 0 Å². The standard InChI is InChI=1S/C9H13NO5/c11-6-4-2-1-3-5(10-6)7(8(12)13)9(14)15/h5,7H,1-4H2,(H,10,11)(H,12,13)(H,14,15). The summed E-state index contributed by atoms with van der Waals surface area (Å²) in [4.78, 5) is 32.6. The van der Waals surface area contributed by atoms with E-state index in [-0.39, 0.29) is 5.91 Å². The molecule has 1 rings (SSSR count). The number of carbonyl (C=O) groups excluding carboxylic acids is 1. The Kier molecular flexibility index (Phi) is 3.65. The van der Waals surface area contributed by atoms with Crippen LogP contribution in [0.25, 0.3) is 0 Å². The van der Waals surface area contributed by atoms with Crippen molar-refractivity contribution < 1.29 is 24.6 Å². The molecule has 6 nitrogen and oxygen atoms in total. The topological polar surface area (TPSA) is 104 Å². The Hall–Kier alpha value is -1.59. The third kappa shape index (κ3) is 2.93. The van der Waals surface area contributed by atoms with E-state index in [9.17, 15) is 14.4 Å². The first kappa shape index (κ1) is 11.5. The van der Waals surface area contributed by atoms with Crippen LogP contribution in [0.3, 0.4) is 0 Å². The maximum absolute atomic E-state index is 11.1. The molecule has 1 atom stereocenters. The average Bonchev–Trinajstić information content (AvgIpc) is 2.28. The van der Waals surface area contributed by atoms with Gasteiger partial charge in [0.2, 0.25) is 5.91 Å². The van der Waals surface area contributed by atoms with Gasteiger partial charge in [-0.1, -0.05) is 6.42 Å². The van der Waals surface area contributed by atoms with Gasteiger partial charge in [-0.05, 0) is 12.8 Å². The van der Waals surface area contributed by atoms with Crippen LogP contribution in [0.15, 0.2) is 0 Å². The van der Waals surface area contributed by atoms with Crippen molar-refractivity contribution in [3.63, 3.8) is 0 Å². The molecule has 0 bridgehead atoms. The van der Waals surface area contributed by atoms with E-state index < -0.39 is 23.9 Å². The fraction of sp³-hybridized carbons (Fsp3) is 0.667. The zero-order valence-electron chi connectivity index (χ0n) is 8.10. The van der Waals surface area contributed by atoms with Crippen molar-refractivity contribution in [1.82, 2.24) is 5.32 Å². The molecule has 1 saturated heterocycles. The molecule has 1 unspecified atom stereocenters. The molecule has 6 heteroatoms. The van der Waals surface area contributed by atoms with Gasteiger partial charge in [-0.25, -0.2) is 0 Å². The van der Waals surface area contributed by atoms with Gasteiger partial charge in [0.25, 0.3) is 0 Å². The fourth-order valence-corrected chi connectivity index (χ4v) is 1.70. The highest BCUT2D eigenvalue weighted by Gasteiger charge is 2.36. The second-order valence-corrected chi connectivity index (χ2v) is 3.57. The SMILES string of the molecule is O=C1CCCCC(C(C(=O)O)C(=O)O)N1. The van der Waals surface area contributed by atoms with Gasteiger partial charge in [0.05, 0.1) is 6.04 Å². The van der Waals surface area contributed by atoms with Gasteiger partial charge in [-0.15, -0.1) is 0 Å². The van der Waals surface area contributed by atoms with Gasteiger partial charge < -0.3 is 15.5 Å². The molecule has 0 aliphatic carbocycles. The molecule has 1 amide bonds. The lowest BCUT2D eigenvalue weighted by atomic mass is 9.96. The molecule has 0 aromatic heterocycles. The van der Waals surface area contributed by atoms with Gasteiger partial charge in [0.1, 0.15) is 0 Å². The quantitative estimate of drug-likeness (QED) is 0.567. The summed E-state index contributed by atoms with van der Waals surface area (Å²) in [6, 6.07) is -0.796. The largest absolute Gasteiger partial charge is 0.481 e. The van der Waals surface area contributed by atoms with Crippen molar-refractivity contribution in [2.45, 2.75) is 31.7 Å². The number of hydrogen-bond acceptors (Lipinski definition) is 3. The molecule has 0 radical (unpaired) electrons. The van der Waals surface area contributed by atoms with Crippen molar-refractivity contribution in [1.29, 1.82) is 0 Å². The first-order chi connectivity index (χ1) is 7.02. The predicted octanol–water partition coefficient (Wildman–Crippen LogP) is -0.169. The Balaban J connectivity index is 2.77. The van der Waals surface area contributed by atoms with Gasteiger partial charge in [0.15, 0.2) is 5.92 Å². The van der Waals surface area contributed by atoms with Crippen LogP contribution in [-0.4, -0.2) is 34.1 Å². The van der Waals surface area contributed by atoms with E-state index in [1.54, 1.807) is 0 Å². The smallest absolute Gasteiger partial charge is 0.320 e. The summed E-state index contributed by atoms with van der Waals surface area (Å²) in [5, 5.41) is 19.9. The zero-order chi connectivity index (χ0) is 11.4. The summed E-state index contributed by atoms with van der Waals surface area (Å²) in [6.45, 7) is 0. The predicted molar refractivity (Wildman–Crippen MR) is 49.2 cm³/mol. The molecule has 1 heterocycles. The second-order valence-electron chi connectivity index (χ2n) is 3.57. The minimum absolute atomic E-state index is 0.273. The third-order valence-corrected chi connectivity index (χ3v) is 2.45. The first-order valence-corrected chi connectivity index (χ1v) is 4.77. The number of carbonyl (C=O) groups is 3. The Morgan fingerprint density at radius 2 is 1.87 bits per heavy atom. The van der Waals surface area contributed by atoms with E-state index in [1.807, 2.05) is 0 Å². The molecule has 0 saturated carbocycles. The number of nitrogens with one attached hydrogen (secondary N) is 1. The third-order valence-electron chi connectivity index (χ3n) is 2.45. The summed E-state index contributed by atoms with van der Waals surface area (Å²) in [5.41, 5.74) is 0. The Bertz CT molecular complexity index is 274. The highest BCUT2D eigenvalue weighted by atomic mass is 16.4. The lowest BCUT2D eigenvalue weighted by Crippen LogP contribution is -2.45. The van der Waals surface area contributed by atoms with Crippen molar-refractivity contribution in [3.05, 3.63) is 0 Å². The summed E-state index contributed by atoms with van der Waals surface area (Å²) in [7, 11) is 0. The highest BCUT2D eigenvalue weighted by Crippen LogP contribution is 2.16. The van der Waals surface area contributed by atoms with Gasteiger partial charge in [-0.3, -0.25) is 14.4 Å². The lowest BCUT2D eigenvalue weighted by Gasteiger charge is -2.19. The van der Waals surface area contributed by atoms with E-state index in [4.69, 9.17) is 10.2 Å². The van der Waals surface area contributed by atoms with Crippen molar-refractivity contribution in [2.75, 3.05) is 0 Å². The average molecular weight is 215 g/mol. The molecular weight excluding hydrogens is 202 g/mol. The van der Waals surface area contributed by atoms with Gasteiger partial charge in [0, 0.05) is 6.42 Å². The first-order valence-electron chi connectivity index (χ1n) is 4.77. The van der Waals surface area contributed by atoms with Crippen molar-refractivity contribution in [2.24, 2.45) is 5.92 Å². The number of hydrogen-bond donors (Lipinski definition) is 3. The molecule has 1 aliphatic rings. The van der Waals surface area contributed by atoms with E-state index >= 15 is 0 Å². The summed E-state index contributed by atoms with van der Waals surface area (Å²) in [6.07, 6.45) is 2.08. The number of carboxylic acid groups (broad SMARTS) is 2. The number of aliphatic carboxylic acids is 2. The highest BCUT2D eigenvalue weighted by molar-refractivity contribution is 5.94. The minimum Gasteiger partial charge on any atom is -0.481 e. The van der Waals surface area contributed by atoms with Crippen molar-refractivity contribution in [3.8, 4) is 0 Å². The second kappa shape index (κ2) is 4.77. The molecule has 0 spiro atoms. The normalized spacial score (nSPS) is 21.9. The molecule has 15 heavy (non-hydrogen) atoms. The summed E-state index contributed by atoms with van der Waals surface area (Å²) in [5.74, 6) is -4.64. The van der Waals surface area contributed by atoms with Crippen LogP contribution in [-0.2, 0) is 14.4 Å². The lowest BCUT2D eigenvalue weighted by molar-refractivity contribution is -0.156. The maximum atomic E-state index is 11.1. The van der Waals surface area contributed by atoms with Crippen LogP contribution in [0.2, 0.25) is 0 Å². The molecule has 1 aliphatic heterocycles. The van der Waals surface area contributed by atoms with Crippen molar-refractivity contribution >= 4 is 17.8 Å². The fourth-order valence-electron chi connectivity index (χ4n) is 1.70. The van der Waals surface area contributed by atoms with Crippen LogP contribution in [0.1, 0.15) is 25.7 Å². The summed E-state index contributed by atoms with van der Waals surface area (Å²) >= 11 is 0. The number of rotatable bonds is 3. The van der Waals surface area contributed by atoms with Crippen LogP contribution in [0, 0.1) is 5.92 Å². The molecule has 3 N–H and O–H groups in total. The number of carboxylic acids is 2. The molecule has 0 aromatic rings. The Morgan fingerprint density at radius 1 is 1.27 bits per heavy atom. The van der Waals surface area contributed by atoms with Crippen LogP contribution in [0.4, 0.5) is 0 Å². The molecular formula is C9H13NO5.